The Hall–Kier alpha value is -0.850. The summed E-state index contributed by atoms with van der Waals surface area (Å²) in [6.07, 6.45) is 2.24. The van der Waals surface area contributed by atoms with E-state index in [4.69, 9.17) is 14.2 Å². The zero-order valence-electron chi connectivity index (χ0n) is 12.7. The number of carbonyl (C=O) groups is 1. The molecule has 0 spiro atoms. The van der Waals surface area contributed by atoms with Gasteiger partial charge in [-0.3, -0.25) is 0 Å². The van der Waals surface area contributed by atoms with Crippen LogP contribution in [-0.4, -0.2) is 69.7 Å². The van der Waals surface area contributed by atoms with E-state index in [0.717, 1.165) is 25.9 Å². The minimum absolute atomic E-state index is 0.260. The van der Waals surface area contributed by atoms with E-state index >= 15 is 0 Å². The molecule has 1 amide bonds. The fourth-order valence-electron chi connectivity index (χ4n) is 2.14. The average Bonchev–Trinajstić information content (AvgIpc) is 2.55. The largest absolute Gasteiger partial charge is 0.447 e. The van der Waals surface area contributed by atoms with Crippen molar-refractivity contribution in [1.82, 2.24) is 10.2 Å². The summed E-state index contributed by atoms with van der Waals surface area (Å²) in [6.45, 7) is 9.20. The predicted octanol–water partition coefficient (Wildman–Crippen LogP) is 1.25. The van der Waals surface area contributed by atoms with Gasteiger partial charge in [-0.2, -0.15) is 0 Å². The molecule has 6 heteroatoms. The first kappa shape index (κ1) is 17.2. The molecule has 1 atom stereocenters. The zero-order valence-corrected chi connectivity index (χ0v) is 12.7. The van der Waals surface area contributed by atoms with Crippen LogP contribution in [0.2, 0.25) is 0 Å². The van der Waals surface area contributed by atoms with Gasteiger partial charge in [-0.05, 0) is 19.4 Å². The Morgan fingerprint density at radius 2 is 2.05 bits per heavy atom. The molecule has 118 valence electrons. The molecule has 2 rings (SSSR count). The summed E-state index contributed by atoms with van der Waals surface area (Å²) >= 11 is 0. The van der Waals surface area contributed by atoms with E-state index in [0.29, 0.717) is 39.5 Å². The number of nitrogens with zero attached hydrogens (tertiary/aromatic N) is 1. The molecule has 0 radical (unpaired) electrons. The number of morpholine rings is 1. The quantitative estimate of drug-likeness (QED) is 0.789. The standard InChI is InChI=1S/C12H22N2O4.C2H6/c15-12(14-4-6-16-7-5-14)18-9-8-17-11-2-1-3-13-10-11;1-2/h11,13H,1-10H2;1-2H3/t11-;/m0./s1. The van der Waals surface area contributed by atoms with Crippen molar-refractivity contribution in [3.63, 3.8) is 0 Å². The molecule has 0 aromatic carbocycles. The van der Waals surface area contributed by atoms with Crippen molar-refractivity contribution in [2.24, 2.45) is 0 Å². The van der Waals surface area contributed by atoms with Gasteiger partial charge in [-0.15, -0.1) is 0 Å². The van der Waals surface area contributed by atoms with Gasteiger partial charge in [-0.1, -0.05) is 13.8 Å². The van der Waals surface area contributed by atoms with Gasteiger partial charge in [0.15, 0.2) is 0 Å². The maximum atomic E-state index is 11.6. The molecule has 1 N–H and O–H groups in total. The van der Waals surface area contributed by atoms with Gasteiger partial charge in [0.25, 0.3) is 0 Å². The second kappa shape index (κ2) is 10.9. The maximum Gasteiger partial charge on any atom is 0.409 e. The summed E-state index contributed by atoms with van der Waals surface area (Å²) in [5.74, 6) is 0. The maximum absolute atomic E-state index is 11.6. The van der Waals surface area contributed by atoms with E-state index in [9.17, 15) is 4.79 Å². The highest BCUT2D eigenvalue weighted by molar-refractivity contribution is 5.67. The number of piperidine rings is 1. The van der Waals surface area contributed by atoms with Crippen LogP contribution in [-0.2, 0) is 14.2 Å². The second-order valence-electron chi connectivity index (χ2n) is 4.55. The van der Waals surface area contributed by atoms with Crippen LogP contribution in [0.1, 0.15) is 26.7 Å². The van der Waals surface area contributed by atoms with Gasteiger partial charge >= 0.3 is 6.09 Å². The topological polar surface area (TPSA) is 60.0 Å². The molecule has 2 saturated heterocycles. The molecule has 0 aromatic rings. The monoisotopic (exact) mass is 288 g/mol. The van der Waals surface area contributed by atoms with Crippen molar-refractivity contribution >= 4 is 6.09 Å². The summed E-state index contributed by atoms with van der Waals surface area (Å²) in [5.41, 5.74) is 0. The smallest absolute Gasteiger partial charge is 0.409 e. The summed E-state index contributed by atoms with van der Waals surface area (Å²) in [7, 11) is 0. The van der Waals surface area contributed by atoms with Crippen LogP contribution in [0.3, 0.4) is 0 Å². The third-order valence-electron chi connectivity index (χ3n) is 3.18. The van der Waals surface area contributed by atoms with Gasteiger partial charge in [0.05, 0.1) is 25.9 Å². The lowest BCUT2D eigenvalue weighted by atomic mass is 10.1. The first-order valence-electron chi connectivity index (χ1n) is 7.68. The lowest BCUT2D eigenvalue weighted by molar-refractivity contribution is -0.00605. The van der Waals surface area contributed by atoms with Crippen LogP contribution < -0.4 is 5.32 Å². The van der Waals surface area contributed by atoms with Crippen LogP contribution in [0.4, 0.5) is 4.79 Å². The summed E-state index contributed by atoms with van der Waals surface area (Å²) < 4.78 is 16.0. The normalized spacial score (nSPS) is 22.7. The van der Waals surface area contributed by atoms with Gasteiger partial charge in [-0.25, -0.2) is 4.79 Å². The highest BCUT2D eigenvalue weighted by Gasteiger charge is 2.18. The Morgan fingerprint density at radius 3 is 2.70 bits per heavy atom. The molecule has 2 aliphatic rings. The Bertz CT molecular complexity index is 252. The highest BCUT2D eigenvalue weighted by Crippen LogP contribution is 2.06. The second-order valence-corrected chi connectivity index (χ2v) is 4.55. The molecule has 0 aliphatic carbocycles. The van der Waals surface area contributed by atoms with Crippen LogP contribution in [0, 0.1) is 0 Å². The predicted molar refractivity (Wildman–Crippen MR) is 76.9 cm³/mol. The molecule has 0 aromatic heterocycles. The number of hydrogen-bond acceptors (Lipinski definition) is 5. The summed E-state index contributed by atoms with van der Waals surface area (Å²) in [4.78, 5) is 13.3. The summed E-state index contributed by atoms with van der Waals surface area (Å²) in [5, 5.41) is 3.28. The van der Waals surface area contributed by atoms with E-state index in [-0.39, 0.29) is 12.2 Å². The number of hydrogen-bond donors (Lipinski definition) is 1. The van der Waals surface area contributed by atoms with Gasteiger partial charge in [0, 0.05) is 19.6 Å². The molecule has 2 aliphatic heterocycles. The van der Waals surface area contributed by atoms with Crippen molar-refractivity contribution in [3.05, 3.63) is 0 Å². The Morgan fingerprint density at radius 1 is 1.30 bits per heavy atom. The lowest BCUT2D eigenvalue weighted by Crippen LogP contribution is -2.41. The van der Waals surface area contributed by atoms with E-state index < -0.39 is 0 Å². The zero-order chi connectivity index (χ0) is 14.6. The molecule has 0 unspecified atom stereocenters. The van der Waals surface area contributed by atoms with E-state index in [1.54, 1.807) is 4.90 Å². The summed E-state index contributed by atoms with van der Waals surface area (Å²) in [6, 6.07) is 0. The van der Waals surface area contributed by atoms with E-state index in [1.807, 2.05) is 13.8 Å². The van der Waals surface area contributed by atoms with Crippen LogP contribution >= 0.6 is 0 Å². The molecule has 6 nitrogen and oxygen atoms in total. The van der Waals surface area contributed by atoms with Crippen LogP contribution in [0.5, 0.6) is 0 Å². The van der Waals surface area contributed by atoms with Crippen molar-refractivity contribution < 1.29 is 19.0 Å². The number of carbonyl (C=O) groups excluding carboxylic acids is 1. The number of nitrogens with one attached hydrogen (secondary N) is 1. The fourth-order valence-corrected chi connectivity index (χ4v) is 2.14. The fraction of sp³-hybridized carbons (Fsp3) is 0.929. The molecular weight excluding hydrogens is 260 g/mol. The molecule has 0 saturated carbocycles. The molecule has 0 bridgehead atoms. The highest BCUT2D eigenvalue weighted by atomic mass is 16.6. The molecule has 20 heavy (non-hydrogen) atoms. The third-order valence-corrected chi connectivity index (χ3v) is 3.18. The van der Waals surface area contributed by atoms with Crippen molar-refractivity contribution in [3.8, 4) is 0 Å². The first-order valence-corrected chi connectivity index (χ1v) is 7.68. The Balaban J connectivity index is 0.000000956. The lowest BCUT2D eigenvalue weighted by Gasteiger charge is -2.26. The minimum Gasteiger partial charge on any atom is -0.447 e. The van der Waals surface area contributed by atoms with Crippen molar-refractivity contribution in [2.45, 2.75) is 32.8 Å². The van der Waals surface area contributed by atoms with Gasteiger partial charge in [0.2, 0.25) is 0 Å². The minimum atomic E-state index is -0.260. The third kappa shape index (κ3) is 6.54. The van der Waals surface area contributed by atoms with Crippen molar-refractivity contribution in [2.75, 3.05) is 52.6 Å². The number of amides is 1. The van der Waals surface area contributed by atoms with Crippen LogP contribution in [0.25, 0.3) is 0 Å². The molecule has 2 heterocycles. The van der Waals surface area contributed by atoms with Crippen molar-refractivity contribution in [1.29, 1.82) is 0 Å². The van der Waals surface area contributed by atoms with Crippen LogP contribution in [0.15, 0.2) is 0 Å². The molecule has 2 fully saturated rings. The SMILES string of the molecule is CC.O=C(OCCO[C@H]1CCCNC1)N1CCOCC1. The van der Waals surface area contributed by atoms with Gasteiger partial charge < -0.3 is 24.4 Å². The Labute approximate surface area is 121 Å². The van der Waals surface area contributed by atoms with E-state index in [1.165, 1.54) is 0 Å². The first-order chi connectivity index (χ1) is 9.86. The van der Waals surface area contributed by atoms with E-state index in [2.05, 4.69) is 5.32 Å². The van der Waals surface area contributed by atoms with Gasteiger partial charge in [0.1, 0.15) is 6.61 Å². The number of rotatable bonds is 4. The molecular formula is C14H28N2O4. The Kier molecular flexibility index (Phi) is 9.36. The number of ether oxygens (including phenoxy) is 3. The average molecular weight is 288 g/mol.